The van der Waals surface area contributed by atoms with Crippen molar-refractivity contribution >= 4 is 16.7 Å². The van der Waals surface area contributed by atoms with E-state index < -0.39 is 0 Å². The van der Waals surface area contributed by atoms with Crippen LogP contribution in [-0.4, -0.2) is 28.9 Å². The molecule has 0 saturated carbocycles. The first-order chi connectivity index (χ1) is 12.7. The van der Waals surface area contributed by atoms with Crippen molar-refractivity contribution in [2.45, 2.75) is 25.2 Å². The third-order valence-corrected chi connectivity index (χ3v) is 5.11. The number of hydrogen-bond acceptors (Lipinski definition) is 2. The molecule has 0 bridgehead atoms. The summed E-state index contributed by atoms with van der Waals surface area (Å²) in [6.45, 7) is 1.48. The number of benzene rings is 2. The highest BCUT2D eigenvalue weighted by Crippen LogP contribution is 2.28. The molecule has 0 N–H and O–H groups in total. The molecular formula is C22H21FN2O. The molecule has 1 atom stereocenters. The molecule has 2 aromatic carbocycles. The van der Waals surface area contributed by atoms with Gasteiger partial charge in [-0.15, -0.1) is 0 Å². The van der Waals surface area contributed by atoms with Gasteiger partial charge in [0.2, 0.25) is 5.91 Å². The summed E-state index contributed by atoms with van der Waals surface area (Å²) in [6, 6.07) is 16.5. The monoisotopic (exact) mass is 348 g/mol. The van der Waals surface area contributed by atoms with Gasteiger partial charge >= 0.3 is 0 Å². The molecule has 3 nitrogen and oxygen atoms in total. The van der Waals surface area contributed by atoms with Crippen molar-refractivity contribution in [1.82, 2.24) is 9.88 Å². The molecule has 26 heavy (non-hydrogen) atoms. The number of pyridine rings is 1. The zero-order valence-corrected chi connectivity index (χ0v) is 14.6. The zero-order chi connectivity index (χ0) is 17.9. The average molecular weight is 348 g/mol. The smallest absolute Gasteiger partial charge is 0.227 e. The molecule has 1 aromatic heterocycles. The molecule has 1 aliphatic heterocycles. The second-order valence-corrected chi connectivity index (χ2v) is 6.94. The molecule has 0 radical (unpaired) electrons. The maximum Gasteiger partial charge on any atom is 0.227 e. The standard InChI is InChI=1S/C22H21FN2O/c23-20-9-7-16(8-10-20)12-22(26)25-11-3-6-19(15-25)21-13-17-4-1-2-5-18(17)14-24-21/h1-2,4-5,7-10,13-14,19H,3,6,11-12,15H2/t19-/m0/s1. The summed E-state index contributed by atoms with van der Waals surface area (Å²) in [5.74, 6) is 0.0919. The van der Waals surface area contributed by atoms with Gasteiger partial charge in [0.1, 0.15) is 5.82 Å². The minimum atomic E-state index is -0.276. The number of carbonyl (C=O) groups is 1. The van der Waals surface area contributed by atoms with Crippen LogP contribution in [0.2, 0.25) is 0 Å². The summed E-state index contributed by atoms with van der Waals surface area (Å²) in [5, 5.41) is 2.32. The van der Waals surface area contributed by atoms with Crippen molar-refractivity contribution in [3.05, 3.63) is 77.9 Å². The average Bonchev–Trinajstić information content (AvgIpc) is 2.69. The summed E-state index contributed by atoms with van der Waals surface area (Å²) < 4.78 is 13.0. The van der Waals surface area contributed by atoms with E-state index in [0.29, 0.717) is 13.0 Å². The van der Waals surface area contributed by atoms with Gasteiger partial charge in [-0.3, -0.25) is 9.78 Å². The lowest BCUT2D eigenvalue weighted by molar-refractivity contribution is -0.131. The lowest BCUT2D eigenvalue weighted by Crippen LogP contribution is -2.40. The first-order valence-corrected chi connectivity index (χ1v) is 9.06. The first-order valence-electron chi connectivity index (χ1n) is 9.06. The normalized spacial score (nSPS) is 17.4. The van der Waals surface area contributed by atoms with Crippen LogP contribution in [0.1, 0.15) is 30.0 Å². The third kappa shape index (κ3) is 3.59. The largest absolute Gasteiger partial charge is 0.342 e. The van der Waals surface area contributed by atoms with Gasteiger partial charge < -0.3 is 4.90 Å². The molecule has 0 spiro atoms. The summed E-state index contributed by atoms with van der Waals surface area (Å²) in [7, 11) is 0. The molecule has 0 aliphatic carbocycles. The summed E-state index contributed by atoms with van der Waals surface area (Å²) in [6.07, 6.45) is 4.27. The number of piperidine rings is 1. The van der Waals surface area contributed by atoms with E-state index in [2.05, 4.69) is 23.2 Å². The van der Waals surface area contributed by atoms with Crippen LogP contribution in [0.15, 0.2) is 60.8 Å². The van der Waals surface area contributed by atoms with Gasteiger partial charge in [-0.1, -0.05) is 36.4 Å². The van der Waals surface area contributed by atoms with Crippen LogP contribution in [0.3, 0.4) is 0 Å². The molecular weight excluding hydrogens is 327 g/mol. The number of fused-ring (bicyclic) bond motifs is 1. The predicted octanol–water partition coefficient (Wildman–Crippen LogP) is 4.32. The van der Waals surface area contributed by atoms with Gasteiger partial charge in [0.25, 0.3) is 0 Å². The summed E-state index contributed by atoms with van der Waals surface area (Å²) in [5.41, 5.74) is 1.91. The van der Waals surface area contributed by atoms with E-state index in [0.717, 1.165) is 36.0 Å². The number of halogens is 1. The molecule has 4 heteroatoms. The number of likely N-dealkylation sites (tertiary alicyclic amines) is 1. The number of rotatable bonds is 3. The van der Waals surface area contributed by atoms with Crippen molar-refractivity contribution in [3.8, 4) is 0 Å². The fraction of sp³-hybridized carbons (Fsp3) is 0.273. The van der Waals surface area contributed by atoms with Crippen LogP contribution in [0.5, 0.6) is 0 Å². The number of amides is 1. The highest BCUT2D eigenvalue weighted by atomic mass is 19.1. The Labute approximate surface area is 152 Å². The topological polar surface area (TPSA) is 33.2 Å². The molecule has 1 aliphatic rings. The number of aromatic nitrogens is 1. The van der Waals surface area contributed by atoms with E-state index >= 15 is 0 Å². The summed E-state index contributed by atoms with van der Waals surface area (Å²) in [4.78, 5) is 19.2. The van der Waals surface area contributed by atoms with Crippen LogP contribution in [0.25, 0.3) is 10.8 Å². The van der Waals surface area contributed by atoms with Gasteiger partial charge in [0.15, 0.2) is 0 Å². The molecule has 1 amide bonds. The van der Waals surface area contributed by atoms with Crippen molar-refractivity contribution in [1.29, 1.82) is 0 Å². The van der Waals surface area contributed by atoms with E-state index in [9.17, 15) is 9.18 Å². The van der Waals surface area contributed by atoms with Gasteiger partial charge in [-0.05, 0) is 42.0 Å². The van der Waals surface area contributed by atoms with Crippen LogP contribution in [0.4, 0.5) is 4.39 Å². The Balaban J connectivity index is 1.47. The first kappa shape index (κ1) is 16.7. The Bertz CT molecular complexity index is 923. The van der Waals surface area contributed by atoms with E-state index in [1.807, 2.05) is 23.2 Å². The lowest BCUT2D eigenvalue weighted by Gasteiger charge is -2.32. The van der Waals surface area contributed by atoms with E-state index in [4.69, 9.17) is 0 Å². The Kier molecular flexibility index (Phi) is 4.65. The molecule has 4 rings (SSSR count). The summed E-state index contributed by atoms with van der Waals surface area (Å²) >= 11 is 0. The Morgan fingerprint density at radius 3 is 2.69 bits per heavy atom. The number of carbonyl (C=O) groups excluding carboxylic acids is 1. The zero-order valence-electron chi connectivity index (χ0n) is 14.6. The quantitative estimate of drug-likeness (QED) is 0.706. The second kappa shape index (κ2) is 7.24. The fourth-order valence-electron chi connectivity index (χ4n) is 3.66. The third-order valence-electron chi connectivity index (χ3n) is 5.11. The van der Waals surface area contributed by atoms with Crippen molar-refractivity contribution in [2.24, 2.45) is 0 Å². The molecule has 1 saturated heterocycles. The second-order valence-electron chi connectivity index (χ2n) is 6.94. The highest BCUT2D eigenvalue weighted by molar-refractivity contribution is 5.82. The molecule has 2 heterocycles. The Hall–Kier alpha value is -2.75. The van der Waals surface area contributed by atoms with E-state index in [-0.39, 0.29) is 17.6 Å². The molecule has 1 fully saturated rings. The van der Waals surface area contributed by atoms with E-state index in [1.165, 1.54) is 17.5 Å². The fourth-order valence-corrected chi connectivity index (χ4v) is 3.66. The van der Waals surface area contributed by atoms with Gasteiger partial charge in [-0.2, -0.15) is 0 Å². The Morgan fingerprint density at radius 2 is 1.88 bits per heavy atom. The highest BCUT2D eigenvalue weighted by Gasteiger charge is 2.25. The molecule has 132 valence electrons. The van der Waals surface area contributed by atoms with Crippen LogP contribution in [0, 0.1) is 5.82 Å². The maximum atomic E-state index is 13.0. The van der Waals surface area contributed by atoms with Gasteiger partial charge in [-0.25, -0.2) is 4.39 Å². The predicted molar refractivity (Wildman–Crippen MR) is 100 cm³/mol. The minimum Gasteiger partial charge on any atom is -0.342 e. The lowest BCUT2D eigenvalue weighted by atomic mass is 9.93. The van der Waals surface area contributed by atoms with Gasteiger partial charge in [0.05, 0.1) is 6.42 Å². The number of nitrogens with zero attached hydrogens (tertiary/aromatic N) is 2. The van der Waals surface area contributed by atoms with E-state index in [1.54, 1.807) is 12.1 Å². The van der Waals surface area contributed by atoms with Crippen molar-refractivity contribution in [3.63, 3.8) is 0 Å². The Morgan fingerprint density at radius 1 is 1.12 bits per heavy atom. The van der Waals surface area contributed by atoms with Crippen molar-refractivity contribution < 1.29 is 9.18 Å². The molecule has 3 aromatic rings. The minimum absolute atomic E-state index is 0.0992. The van der Waals surface area contributed by atoms with Gasteiger partial charge in [0, 0.05) is 36.3 Å². The molecule has 0 unspecified atom stereocenters. The SMILES string of the molecule is O=C(Cc1ccc(F)cc1)N1CCC[C@H](c2cc3ccccc3cn2)C1. The van der Waals surface area contributed by atoms with Crippen molar-refractivity contribution in [2.75, 3.05) is 13.1 Å². The van der Waals surface area contributed by atoms with Crippen LogP contribution in [-0.2, 0) is 11.2 Å². The van der Waals surface area contributed by atoms with Crippen LogP contribution >= 0.6 is 0 Å². The maximum absolute atomic E-state index is 13.0. The number of hydrogen-bond donors (Lipinski definition) is 0. The van der Waals surface area contributed by atoms with Crippen LogP contribution < -0.4 is 0 Å².